The molecule has 33 heavy (non-hydrogen) atoms. The molecule has 0 aliphatic carbocycles. The second-order valence-electron chi connectivity index (χ2n) is 10.3. The van der Waals surface area contributed by atoms with E-state index in [9.17, 15) is 4.79 Å². The zero-order chi connectivity index (χ0) is 22.6. The highest BCUT2D eigenvalue weighted by Gasteiger charge is 2.28. The van der Waals surface area contributed by atoms with Crippen LogP contribution in [0.15, 0.2) is 6.33 Å². The number of imidazole rings is 1. The first-order chi connectivity index (χ1) is 16.2. The maximum absolute atomic E-state index is 12.7. The Kier molecular flexibility index (Phi) is 7.09. The van der Waals surface area contributed by atoms with Crippen LogP contribution in [0.1, 0.15) is 64.1 Å². The number of amides is 1. The molecule has 0 bridgehead atoms. The van der Waals surface area contributed by atoms with E-state index in [1.54, 1.807) is 6.33 Å². The largest absolute Gasteiger partial charge is 0.356 e. The van der Waals surface area contributed by atoms with Gasteiger partial charge in [0.1, 0.15) is 12.2 Å². The van der Waals surface area contributed by atoms with Crippen LogP contribution in [-0.2, 0) is 17.8 Å². The van der Waals surface area contributed by atoms with Gasteiger partial charge in [-0.25, -0.2) is 15.0 Å². The van der Waals surface area contributed by atoms with Gasteiger partial charge in [-0.1, -0.05) is 13.3 Å². The van der Waals surface area contributed by atoms with Crippen LogP contribution < -0.4 is 10.2 Å². The number of anilines is 1. The van der Waals surface area contributed by atoms with E-state index in [4.69, 9.17) is 4.98 Å². The summed E-state index contributed by atoms with van der Waals surface area (Å²) in [5, 5.41) is 3.20. The fourth-order valence-corrected chi connectivity index (χ4v) is 5.65. The summed E-state index contributed by atoms with van der Waals surface area (Å²) in [6.45, 7) is 9.35. The van der Waals surface area contributed by atoms with Gasteiger partial charge in [0, 0.05) is 38.5 Å². The number of aryl methyl sites for hydroxylation is 2. The van der Waals surface area contributed by atoms with Crippen LogP contribution >= 0.6 is 0 Å². The van der Waals surface area contributed by atoms with Crippen molar-refractivity contribution >= 4 is 22.9 Å². The molecule has 0 saturated carbocycles. The van der Waals surface area contributed by atoms with Crippen molar-refractivity contribution in [1.82, 2.24) is 29.7 Å². The van der Waals surface area contributed by atoms with Crippen molar-refractivity contribution in [3.05, 3.63) is 12.2 Å². The van der Waals surface area contributed by atoms with E-state index in [1.807, 2.05) is 0 Å². The van der Waals surface area contributed by atoms with E-state index in [-0.39, 0.29) is 11.8 Å². The summed E-state index contributed by atoms with van der Waals surface area (Å²) in [4.78, 5) is 31.7. The topological polar surface area (TPSA) is 79.2 Å². The molecule has 5 rings (SSSR count). The van der Waals surface area contributed by atoms with Crippen molar-refractivity contribution in [2.75, 3.05) is 44.2 Å². The predicted octanol–water partition coefficient (Wildman–Crippen LogP) is 3.01. The first-order valence-corrected chi connectivity index (χ1v) is 13.1. The van der Waals surface area contributed by atoms with Crippen molar-refractivity contribution in [2.45, 2.75) is 71.3 Å². The Bertz CT molecular complexity index is 942. The van der Waals surface area contributed by atoms with Crippen LogP contribution in [0.2, 0.25) is 0 Å². The number of hydrogen-bond acceptors (Lipinski definition) is 6. The standard InChI is InChI=1S/C25H39N7O/c1-19-7-14-30(15-8-19)12-5-11-26-25(33)20-9-16-31(17-10-20)23-22-24(28-18-27-23)32-13-4-2-3-6-21(32)29-22/h18-20H,2-17H2,1H3,(H,26,33). The summed E-state index contributed by atoms with van der Waals surface area (Å²) in [5.74, 6) is 3.29. The summed E-state index contributed by atoms with van der Waals surface area (Å²) in [6, 6.07) is 0. The summed E-state index contributed by atoms with van der Waals surface area (Å²) in [7, 11) is 0. The maximum atomic E-state index is 12.7. The molecule has 3 aliphatic rings. The fraction of sp³-hybridized carbons (Fsp3) is 0.760. The molecule has 8 nitrogen and oxygen atoms in total. The van der Waals surface area contributed by atoms with Gasteiger partial charge in [0.2, 0.25) is 5.91 Å². The fourth-order valence-electron chi connectivity index (χ4n) is 5.65. The number of hydrogen-bond donors (Lipinski definition) is 1. The molecule has 0 spiro atoms. The molecule has 5 heterocycles. The summed E-state index contributed by atoms with van der Waals surface area (Å²) < 4.78 is 2.29. The minimum atomic E-state index is 0.105. The minimum absolute atomic E-state index is 0.105. The van der Waals surface area contributed by atoms with E-state index in [0.717, 1.165) is 87.1 Å². The lowest BCUT2D eigenvalue weighted by Gasteiger charge is -2.32. The molecule has 2 aromatic heterocycles. The van der Waals surface area contributed by atoms with Gasteiger partial charge in [-0.3, -0.25) is 4.79 Å². The second-order valence-corrected chi connectivity index (χ2v) is 10.3. The highest BCUT2D eigenvalue weighted by atomic mass is 16.1. The number of rotatable bonds is 6. The zero-order valence-electron chi connectivity index (χ0n) is 20.1. The molecule has 8 heteroatoms. The Morgan fingerprint density at radius 2 is 1.85 bits per heavy atom. The molecule has 180 valence electrons. The molecule has 2 saturated heterocycles. The molecule has 2 fully saturated rings. The zero-order valence-corrected chi connectivity index (χ0v) is 20.1. The lowest BCUT2D eigenvalue weighted by molar-refractivity contribution is -0.125. The minimum Gasteiger partial charge on any atom is -0.356 e. The first-order valence-electron chi connectivity index (χ1n) is 13.1. The third-order valence-electron chi connectivity index (χ3n) is 7.87. The third kappa shape index (κ3) is 5.15. The van der Waals surface area contributed by atoms with Crippen molar-refractivity contribution in [2.24, 2.45) is 11.8 Å². The Balaban J connectivity index is 1.11. The molecule has 0 unspecified atom stereocenters. The quantitative estimate of drug-likeness (QED) is 0.678. The number of piperidine rings is 2. The van der Waals surface area contributed by atoms with Crippen molar-refractivity contribution in [3.8, 4) is 0 Å². The molecule has 0 aromatic carbocycles. The van der Waals surface area contributed by atoms with Crippen LogP contribution in [-0.4, -0.2) is 69.6 Å². The van der Waals surface area contributed by atoms with Gasteiger partial charge in [-0.05, 0) is 70.5 Å². The SMILES string of the molecule is CC1CCN(CCCNC(=O)C2CCN(c3ncnc4c3nc3n4CCCCC3)CC2)CC1. The maximum Gasteiger partial charge on any atom is 0.223 e. The van der Waals surface area contributed by atoms with Crippen molar-refractivity contribution in [1.29, 1.82) is 0 Å². The Morgan fingerprint density at radius 3 is 2.67 bits per heavy atom. The van der Waals surface area contributed by atoms with Crippen LogP contribution in [0.3, 0.4) is 0 Å². The van der Waals surface area contributed by atoms with E-state index in [1.165, 1.54) is 45.2 Å². The van der Waals surface area contributed by atoms with Gasteiger partial charge in [0.25, 0.3) is 0 Å². The molecule has 0 atom stereocenters. The second kappa shape index (κ2) is 10.4. The van der Waals surface area contributed by atoms with Gasteiger partial charge in [-0.15, -0.1) is 0 Å². The normalized spacial score (nSPS) is 21.2. The molecule has 0 radical (unpaired) electrons. The molecular formula is C25H39N7O. The molecule has 1 N–H and O–H groups in total. The van der Waals surface area contributed by atoms with Crippen LogP contribution in [0.4, 0.5) is 5.82 Å². The number of nitrogens with zero attached hydrogens (tertiary/aromatic N) is 6. The summed E-state index contributed by atoms with van der Waals surface area (Å²) >= 11 is 0. The predicted molar refractivity (Wildman–Crippen MR) is 130 cm³/mol. The highest BCUT2D eigenvalue weighted by Crippen LogP contribution is 2.29. The number of aromatic nitrogens is 4. The first kappa shape index (κ1) is 22.6. The lowest BCUT2D eigenvalue weighted by Crippen LogP contribution is -2.41. The number of nitrogens with one attached hydrogen (secondary N) is 1. The number of carbonyl (C=O) groups is 1. The van der Waals surface area contributed by atoms with E-state index in [0.29, 0.717) is 0 Å². The molecular weight excluding hydrogens is 414 g/mol. The van der Waals surface area contributed by atoms with Crippen molar-refractivity contribution < 1.29 is 4.79 Å². The number of carbonyl (C=O) groups excluding carboxylic acids is 1. The third-order valence-corrected chi connectivity index (χ3v) is 7.87. The molecule has 1 amide bonds. The Hall–Kier alpha value is -2.22. The van der Waals surface area contributed by atoms with E-state index in [2.05, 4.69) is 36.6 Å². The highest BCUT2D eigenvalue weighted by molar-refractivity contribution is 5.84. The Labute approximate surface area is 197 Å². The summed E-state index contributed by atoms with van der Waals surface area (Å²) in [6.07, 6.45) is 11.8. The monoisotopic (exact) mass is 453 g/mol. The van der Waals surface area contributed by atoms with Crippen LogP contribution in [0.25, 0.3) is 11.2 Å². The molecule has 3 aliphatic heterocycles. The van der Waals surface area contributed by atoms with Gasteiger partial charge >= 0.3 is 0 Å². The number of likely N-dealkylation sites (tertiary alicyclic amines) is 1. The van der Waals surface area contributed by atoms with Crippen LogP contribution in [0, 0.1) is 11.8 Å². The smallest absolute Gasteiger partial charge is 0.223 e. The van der Waals surface area contributed by atoms with Crippen LogP contribution in [0.5, 0.6) is 0 Å². The lowest BCUT2D eigenvalue weighted by atomic mass is 9.96. The van der Waals surface area contributed by atoms with Crippen molar-refractivity contribution in [3.63, 3.8) is 0 Å². The van der Waals surface area contributed by atoms with E-state index < -0.39 is 0 Å². The Morgan fingerprint density at radius 1 is 1.03 bits per heavy atom. The molecule has 2 aromatic rings. The number of fused-ring (bicyclic) bond motifs is 3. The summed E-state index contributed by atoms with van der Waals surface area (Å²) in [5.41, 5.74) is 1.91. The average molecular weight is 454 g/mol. The van der Waals surface area contributed by atoms with Gasteiger partial charge < -0.3 is 19.7 Å². The van der Waals surface area contributed by atoms with E-state index >= 15 is 0 Å². The van der Waals surface area contributed by atoms with Gasteiger partial charge in [0.05, 0.1) is 0 Å². The van der Waals surface area contributed by atoms with Gasteiger partial charge in [0.15, 0.2) is 17.0 Å². The van der Waals surface area contributed by atoms with Gasteiger partial charge in [-0.2, -0.15) is 0 Å². The average Bonchev–Trinajstić information content (AvgIpc) is 3.03.